The summed E-state index contributed by atoms with van der Waals surface area (Å²) in [4.78, 5) is 35.1. The Morgan fingerprint density at radius 2 is 2.11 bits per heavy atom. The van der Waals surface area contributed by atoms with Crippen LogP contribution < -0.4 is 15.5 Å². The predicted molar refractivity (Wildman–Crippen MR) is 162 cm³/mol. The average molecular weight is 601 g/mol. The summed E-state index contributed by atoms with van der Waals surface area (Å²) >= 11 is 0. The monoisotopic (exact) mass is 600 g/mol. The lowest BCUT2D eigenvalue weighted by Crippen LogP contribution is -2.40. The third-order valence-electron chi connectivity index (χ3n) is 7.00. The number of carbonyl (C=O) groups is 1. The fourth-order valence-corrected chi connectivity index (χ4v) is 4.68. The van der Waals surface area contributed by atoms with Gasteiger partial charge in [-0.05, 0) is 44.0 Å². The van der Waals surface area contributed by atoms with Crippen LogP contribution in [0.1, 0.15) is 24.7 Å². The summed E-state index contributed by atoms with van der Waals surface area (Å²) in [5.74, 6) is 0.947. The van der Waals surface area contributed by atoms with Crippen LogP contribution in [-0.2, 0) is 14.3 Å². The molecule has 3 N–H and O–H groups in total. The minimum Gasteiger partial charge on any atom is -0.457 e. The van der Waals surface area contributed by atoms with Crippen LogP contribution in [0.25, 0.3) is 16.6 Å². The van der Waals surface area contributed by atoms with E-state index in [1.807, 2.05) is 13.0 Å². The average Bonchev–Trinajstić information content (AvgIpc) is 3.02. The number of ether oxygens (including phenoxy) is 3. The van der Waals surface area contributed by atoms with E-state index in [4.69, 9.17) is 24.6 Å². The maximum atomic E-state index is 15.5. The normalized spacial score (nSPS) is 15.0. The standard InChI is InChI=1S/C31H33FN8O4/c1-19-15-21(9-11-40(19)27(41)5-4-12-43-14-13-42-3)30-35-17-24-29(39-30)31(37-18-36-24)38-23-6-7-25(20(2)28(23)32)44-22-8-10-34-26(33)16-22/h4-8,10,15-19H,9,11-14H2,1-3H3,(H2,33,34)(H,36,37,38)/b5-4+/t19-/m0/s1. The Labute approximate surface area is 253 Å². The van der Waals surface area contributed by atoms with E-state index in [0.717, 1.165) is 5.57 Å². The van der Waals surface area contributed by atoms with Gasteiger partial charge in [-0.25, -0.2) is 24.3 Å². The molecule has 1 aliphatic heterocycles. The zero-order valence-corrected chi connectivity index (χ0v) is 24.6. The molecular formula is C31H33FN8O4. The lowest BCUT2D eigenvalue weighted by molar-refractivity contribution is -0.127. The van der Waals surface area contributed by atoms with Gasteiger partial charge in [-0.2, -0.15) is 0 Å². The largest absolute Gasteiger partial charge is 0.457 e. The van der Waals surface area contributed by atoms with Gasteiger partial charge in [0, 0.05) is 43.6 Å². The van der Waals surface area contributed by atoms with E-state index in [1.165, 1.54) is 18.5 Å². The van der Waals surface area contributed by atoms with Crippen LogP contribution in [0.3, 0.4) is 0 Å². The quantitative estimate of drug-likeness (QED) is 0.168. The fraction of sp³-hybridized carbons (Fsp3) is 0.290. The van der Waals surface area contributed by atoms with Crippen LogP contribution in [0.5, 0.6) is 11.5 Å². The molecule has 12 nitrogen and oxygen atoms in total. The number of aromatic nitrogens is 5. The van der Waals surface area contributed by atoms with Crippen molar-refractivity contribution in [2.24, 2.45) is 0 Å². The number of nitrogens with one attached hydrogen (secondary N) is 3. The summed E-state index contributed by atoms with van der Waals surface area (Å²) in [6.45, 7) is 5.36. The van der Waals surface area contributed by atoms with Gasteiger partial charge >= 0.3 is 0 Å². The molecule has 228 valence electrons. The number of halogens is 1. The number of pyridine rings is 1. The molecule has 1 aliphatic rings. The maximum Gasteiger partial charge on any atom is 0.246 e. The van der Waals surface area contributed by atoms with Crippen LogP contribution in [0.15, 0.2) is 61.2 Å². The van der Waals surface area contributed by atoms with Crippen molar-refractivity contribution in [3.63, 3.8) is 0 Å². The number of methoxy groups -OCH3 is 1. The van der Waals surface area contributed by atoms with Crippen molar-refractivity contribution in [1.29, 1.82) is 5.41 Å². The molecule has 0 radical (unpaired) electrons. The topological polar surface area (TPSA) is 151 Å². The highest BCUT2D eigenvalue weighted by Gasteiger charge is 2.24. The van der Waals surface area contributed by atoms with Crippen molar-refractivity contribution in [2.75, 3.05) is 38.8 Å². The predicted octanol–water partition coefficient (Wildman–Crippen LogP) is 4.43. The number of fused-ring (bicyclic) bond motifs is 1. The molecule has 0 saturated heterocycles. The number of hydrogen-bond acceptors (Lipinski definition) is 10. The summed E-state index contributed by atoms with van der Waals surface area (Å²) in [5, 5.41) is 10.8. The number of amides is 1. The lowest BCUT2D eigenvalue weighted by Gasteiger charge is -2.31. The maximum absolute atomic E-state index is 15.5. The Bertz CT molecular complexity index is 1770. The minimum atomic E-state index is -0.513. The third kappa shape index (κ3) is 7.13. The van der Waals surface area contributed by atoms with Gasteiger partial charge in [0.25, 0.3) is 0 Å². The summed E-state index contributed by atoms with van der Waals surface area (Å²) in [6.07, 6.45) is 10.3. The molecule has 4 heterocycles. The van der Waals surface area contributed by atoms with E-state index < -0.39 is 5.82 Å². The summed E-state index contributed by atoms with van der Waals surface area (Å²) in [7, 11) is 1.61. The summed E-state index contributed by atoms with van der Waals surface area (Å²) < 4.78 is 31.6. The smallest absolute Gasteiger partial charge is 0.246 e. The van der Waals surface area contributed by atoms with Crippen molar-refractivity contribution in [2.45, 2.75) is 26.3 Å². The first-order chi connectivity index (χ1) is 21.3. The second-order valence-corrected chi connectivity index (χ2v) is 10.0. The van der Waals surface area contributed by atoms with Gasteiger partial charge in [-0.15, -0.1) is 0 Å². The molecular weight excluding hydrogens is 567 g/mol. The Hall–Kier alpha value is -5.01. The number of hydrogen-bond donors (Lipinski definition) is 3. The second kappa shape index (κ2) is 14.0. The molecule has 1 aromatic carbocycles. The van der Waals surface area contributed by atoms with Crippen LogP contribution >= 0.6 is 0 Å². The first-order valence-electron chi connectivity index (χ1n) is 14.0. The van der Waals surface area contributed by atoms with Gasteiger partial charge in [0.1, 0.15) is 34.3 Å². The molecule has 0 fully saturated rings. The van der Waals surface area contributed by atoms with Crippen molar-refractivity contribution >= 4 is 34.0 Å². The van der Waals surface area contributed by atoms with Gasteiger partial charge in [0.2, 0.25) is 5.91 Å². The fourth-order valence-electron chi connectivity index (χ4n) is 4.68. The molecule has 5 rings (SSSR count). The first-order valence-corrected chi connectivity index (χ1v) is 14.0. The Kier molecular flexibility index (Phi) is 9.67. The molecule has 1 amide bonds. The van der Waals surface area contributed by atoms with Crippen molar-refractivity contribution in [1.82, 2.24) is 29.8 Å². The number of anilines is 2. The van der Waals surface area contributed by atoms with Gasteiger partial charge < -0.3 is 29.4 Å². The van der Waals surface area contributed by atoms with Gasteiger partial charge in [0.05, 0.1) is 31.7 Å². The zero-order chi connectivity index (χ0) is 31.1. The van der Waals surface area contributed by atoms with Crippen LogP contribution in [0.4, 0.5) is 15.9 Å². The summed E-state index contributed by atoms with van der Waals surface area (Å²) in [5.41, 5.74) is 2.47. The molecule has 0 spiro atoms. The Morgan fingerprint density at radius 3 is 2.91 bits per heavy atom. The van der Waals surface area contributed by atoms with E-state index in [2.05, 4.69) is 25.3 Å². The molecule has 13 heteroatoms. The van der Waals surface area contributed by atoms with Crippen molar-refractivity contribution < 1.29 is 23.4 Å². The number of benzene rings is 1. The Balaban J connectivity index is 1.32. The number of rotatable bonds is 11. The first kappa shape index (κ1) is 30.4. The molecule has 0 bridgehead atoms. The Morgan fingerprint density at radius 1 is 1.25 bits per heavy atom. The molecule has 3 aromatic heterocycles. The second-order valence-electron chi connectivity index (χ2n) is 10.0. The summed E-state index contributed by atoms with van der Waals surface area (Å²) in [6, 6.07) is 6.19. The van der Waals surface area contributed by atoms with E-state index in [0.29, 0.717) is 67.0 Å². The van der Waals surface area contributed by atoms with Gasteiger partial charge in [-0.1, -0.05) is 12.2 Å². The number of H-pyrrole nitrogens is 1. The highest BCUT2D eigenvalue weighted by Crippen LogP contribution is 2.32. The SMILES string of the molecule is COCCOC/C=C/C(=O)N1CCC(c2ncc3ncnc(Nc4ccc(Oc5cc[nH]c(=N)c5)c(C)c4F)c3n2)=C[C@@H]1C. The van der Waals surface area contributed by atoms with E-state index in [1.54, 1.807) is 55.6 Å². The van der Waals surface area contributed by atoms with Crippen LogP contribution in [-0.4, -0.2) is 75.2 Å². The number of nitrogens with zero attached hydrogens (tertiary/aromatic N) is 5. The van der Waals surface area contributed by atoms with E-state index >= 15 is 4.39 Å². The van der Waals surface area contributed by atoms with E-state index in [9.17, 15) is 4.79 Å². The molecule has 0 unspecified atom stereocenters. The highest BCUT2D eigenvalue weighted by molar-refractivity contribution is 5.89. The lowest BCUT2D eigenvalue weighted by atomic mass is 10.0. The van der Waals surface area contributed by atoms with Gasteiger partial charge in [-0.3, -0.25) is 10.2 Å². The van der Waals surface area contributed by atoms with Crippen LogP contribution in [0, 0.1) is 18.2 Å². The van der Waals surface area contributed by atoms with E-state index in [-0.39, 0.29) is 28.7 Å². The van der Waals surface area contributed by atoms with Crippen LogP contribution in [0.2, 0.25) is 0 Å². The molecule has 0 saturated carbocycles. The minimum absolute atomic E-state index is 0.0976. The third-order valence-corrected chi connectivity index (χ3v) is 7.00. The molecule has 0 aliphatic carbocycles. The number of carbonyl (C=O) groups excluding carboxylic acids is 1. The molecule has 4 aromatic rings. The highest BCUT2D eigenvalue weighted by atomic mass is 19.1. The molecule has 1 atom stereocenters. The number of aromatic amines is 1. The zero-order valence-electron chi connectivity index (χ0n) is 24.6. The molecule has 44 heavy (non-hydrogen) atoms. The van der Waals surface area contributed by atoms with Crippen molar-refractivity contribution in [3.05, 3.63) is 83.9 Å². The van der Waals surface area contributed by atoms with Crippen molar-refractivity contribution in [3.8, 4) is 11.5 Å². The van der Waals surface area contributed by atoms with Gasteiger partial charge in [0.15, 0.2) is 17.5 Å².